The van der Waals surface area contributed by atoms with E-state index in [2.05, 4.69) is 10.5 Å². The van der Waals surface area contributed by atoms with Gasteiger partial charge in [-0.05, 0) is 31.9 Å². The van der Waals surface area contributed by atoms with Crippen molar-refractivity contribution >= 4 is 17.4 Å². The number of nitrogens with zero attached hydrogens (tertiary/aromatic N) is 1. The Morgan fingerprint density at radius 2 is 1.81 bits per heavy atom. The normalized spacial score (nSPS) is 14.7. The van der Waals surface area contributed by atoms with Crippen LogP contribution in [0, 0.1) is 0 Å². The minimum atomic E-state index is -0.650. The van der Waals surface area contributed by atoms with Gasteiger partial charge < -0.3 is 9.84 Å². The van der Waals surface area contributed by atoms with E-state index in [0.717, 1.165) is 18.4 Å². The molecule has 1 aromatic heterocycles. The van der Waals surface area contributed by atoms with Gasteiger partial charge in [-0.2, -0.15) is 0 Å². The van der Waals surface area contributed by atoms with E-state index in [1.54, 1.807) is 24.3 Å². The molecule has 0 atom stereocenters. The van der Waals surface area contributed by atoms with Gasteiger partial charge in [0.2, 0.25) is 5.91 Å². The van der Waals surface area contributed by atoms with Crippen LogP contribution < -0.4 is 5.32 Å². The Bertz CT molecular complexity index is 972. The first-order valence-corrected chi connectivity index (χ1v) is 8.54. The number of carbonyl (C=O) groups excluding carboxylic acids is 2. The average molecular weight is 346 g/mol. The van der Waals surface area contributed by atoms with Gasteiger partial charge >= 0.3 is 0 Å². The fourth-order valence-corrected chi connectivity index (χ4v) is 3.03. The van der Waals surface area contributed by atoms with Crippen LogP contribution in [0.15, 0.2) is 65.2 Å². The summed E-state index contributed by atoms with van der Waals surface area (Å²) in [7, 11) is 0. The first-order valence-electron chi connectivity index (χ1n) is 8.54. The largest absolute Gasteiger partial charge is 0.356 e. The first-order chi connectivity index (χ1) is 12.6. The van der Waals surface area contributed by atoms with E-state index in [1.807, 2.05) is 36.4 Å². The number of carbonyl (C=O) groups is 2. The third-order valence-corrected chi connectivity index (χ3v) is 4.77. The molecule has 5 nitrogen and oxygen atoms in total. The second-order valence-electron chi connectivity index (χ2n) is 6.62. The van der Waals surface area contributed by atoms with E-state index < -0.39 is 5.41 Å². The summed E-state index contributed by atoms with van der Waals surface area (Å²) in [5, 5.41) is 7.06. The lowest BCUT2D eigenvalue weighted by Gasteiger charge is -2.13. The molecule has 5 heteroatoms. The Balaban J connectivity index is 1.56. The van der Waals surface area contributed by atoms with E-state index in [4.69, 9.17) is 4.52 Å². The lowest BCUT2D eigenvalue weighted by molar-refractivity contribution is -0.118. The summed E-state index contributed by atoms with van der Waals surface area (Å²) in [5.41, 5.74) is 2.11. The number of aromatic nitrogens is 1. The van der Waals surface area contributed by atoms with Crippen LogP contribution in [-0.2, 0) is 10.2 Å². The summed E-state index contributed by atoms with van der Waals surface area (Å²) < 4.78 is 5.45. The monoisotopic (exact) mass is 346 g/mol. The molecule has 1 N–H and O–H groups in total. The maximum Gasteiger partial charge on any atom is 0.236 e. The van der Waals surface area contributed by atoms with E-state index in [-0.39, 0.29) is 11.7 Å². The van der Waals surface area contributed by atoms with Crippen LogP contribution in [0.5, 0.6) is 0 Å². The molecule has 0 radical (unpaired) electrons. The summed E-state index contributed by atoms with van der Waals surface area (Å²) in [6, 6.07) is 18.5. The molecule has 2 aromatic carbocycles. The molecule has 1 fully saturated rings. The highest BCUT2D eigenvalue weighted by Crippen LogP contribution is 2.49. The minimum absolute atomic E-state index is 0.0359. The molecule has 0 aliphatic heterocycles. The van der Waals surface area contributed by atoms with Gasteiger partial charge in [-0.15, -0.1) is 0 Å². The SMILES string of the molecule is CC(=O)c1cccc(NC(=O)C2(c3cc(-c4ccccc4)on3)CC2)c1. The smallest absolute Gasteiger partial charge is 0.236 e. The van der Waals surface area contributed by atoms with Gasteiger partial charge in [0, 0.05) is 22.9 Å². The molecule has 1 saturated carbocycles. The second-order valence-corrected chi connectivity index (χ2v) is 6.62. The fraction of sp³-hybridized carbons (Fsp3) is 0.190. The zero-order valence-electron chi connectivity index (χ0n) is 14.4. The van der Waals surface area contributed by atoms with Crippen LogP contribution in [0.2, 0.25) is 0 Å². The van der Waals surface area contributed by atoms with Gasteiger partial charge in [-0.1, -0.05) is 47.6 Å². The Kier molecular flexibility index (Phi) is 3.92. The van der Waals surface area contributed by atoms with Gasteiger partial charge in [0.05, 0.1) is 11.1 Å². The highest BCUT2D eigenvalue weighted by Gasteiger charge is 2.53. The molecule has 0 saturated heterocycles. The van der Waals surface area contributed by atoms with Gasteiger partial charge in [0.1, 0.15) is 0 Å². The van der Waals surface area contributed by atoms with Crippen LogP contribution in [0.4, 0.5) is 5.69 Å². The van der Waals surface area contributed by atoms with Gasteiger partial charge in [0.15, 0.2) is 11.5 Å². The zero-order valence-corrected chi connectivity index (χ0v) is 14.4. The standard InChI is InChI=1S/C21H18N2O3/c1-14(24)16-8-5-9-17(12-16)22-20(25)21(10-11-21)19-13-18(26-23-19)15-6-3-2-4-7-15/h2-9,12-13H,10-11H2,1H3,(H,22,25). The molecular formula is C21H18N2O3. The van der Waals surface area contributed by atoms with Crippen molar-refractivity contribution in [1.29, 1.82) is 0 Å². The summed E-state index contributed by atoms with van der Waals surface area (Å²) in [6.07, 6.45) is 1.46. The van der Waals surface area contributed by atoms with Crippen molar-refractivity contribution in [2.45, 2.75) is 25.2 Å². The van der Waals surface area contributed by atoms with Crippen LogP contribution in [0.1, 0.15) is 35.8 Å². The predicted molar refractivity (Wildman–Crippen MR) is 97.9 cm³/mol. The first kappa shape index (κ1) is 16.3. The number of anilines is 1. The Morgan fingerprint density at radius 1 is 1.04 bits per heavy atom. The van der Waals surface area contributed by atoms with E-state index in [0.29, 0.717) is 22.7 Å². The predicted octanol–water partition coefficient (Wildman–Crippen LogP) is 4.21. The number of benzene rings is 2. The Morgan fingerprint density at radius 3 is 2.50 bits per heavy atom. The van der Waals surface area contributed by atoms with E-state index >= 15 is 0 Å². The summed E-state index contributed by atoms with van der Waals surface area (Å²) in [4.78, 5) is 24.4. The third kappa shape index (κ3) is 2.92. The van der Waals surface area contributed by atoms with Gasteiger partial charge in [-0.3, -0.25) is 9.59 Å². The minimum Gasteiger partial charge on any atom is -0.356 e. The summed E-state index contributed by atoms with van der Waals surface area (Å²) in [5.74, 6) is 0.496. The van der Waals surface area contributed by atoms with Crippen molar-refractivity contribution in [3.8, 4) is 11.3 Å². The molecule has 0 unspecified atom stereocenters. The molecule has 1 amide bonds. The lowest BCUT2D eigenvalue weighted by Crippen LogP contribution is -2.28. The summed E-state index contributed by atoms with van der Waals surface area (Å²) in [6.45, 7) is 1.50. The van der Waals surface area contributed by atoms with E-state index in [1.165, 1.54) is 6.92 Å². The molecule has 1 heterocycles. The van der Waals surface area contributed by atoms with Crippen molar-refractivity contribution in [2.75, 3.05) is 5.32 Å². The number of nitrogens with one attached hydrogen (secondary N) is 1. The third-order valence-electron chi connectivity index (χ3n) is 4.77. The Labute approximate surface area is 151 Å². The van der Waals surface area contributed by atoms with Crippen LogP contribution in [-0.4, -0.2) is 16.8 Å². The van der Waals surface area contributed by atoms with Crippen molar-refractivity contribution in [3.63, 3.8) is 0 Å². The van der Waals surface area contributed by atoms with Crippen LogP contribution in [0.25, 0.3) is 11.3 Å². The molecule has 26 heavy (non-hydrogen) atoms. The number of hydrogen-bond donors (Lipinski definition) is 1. The highest BCUT2D eigenvalue weighted by molar-refractivity contribution is 6.02. The number of ketones is 1. The lowest BCUT2D eigenvalue weighted by atomic mass is 10.00. The maximum absolute atomic E-state index is 12.8. The average Bonchev–Trinajstić information content (AvgIpc) is 3.33. The second kappa shape index (κ2) is 6.26. The molecule has 0 spiro atoms. The molecule has 4 rings (SSSR count). The Hall–Kier alpha value is -3.21. The van der Waals surface area contributed by atoms with Crippen molar-refractivity contribution in [1.82, 2.24) is 5.16 Å². The molecular weight excluding hydrogens is 328 g/mol. The molecule has 1 aliphatic rings. The zero-order chi connectivity index (χ0) is 18.1. The quantitative estimate of drug-likeness (QED) is 0.702. The number of hydrogen-bond acceptors (Lipinski definition) is 4. The topological polar surface area (TPSA) is 72.2 Å². The number of Topliss-reactive ketones (excluding diaryl/α,β-unsaturated/α-hetero) is 1. The van der Waals surface area contributed by atoms with Crippen molar-refractivity contribution in [3.05, 3.63) is 71.9 Å². The number of rotatable bonds is 5. The van der Waals surface area contributed by atoms with Crippen LogP contribution >= 0.6 is 0 Å². The fourth-order valence-electron chi connectivity index (χ4n) is 3.03. The van der Waals surface area contributed by atoms with Crippen LogP contribution in [0.3, 0.4) is 0 Å². The van der Waals surface area contributed by atoms with Crippen molar-refractivity contribution in [2.24, 2.45) is 0 Å². The van der Waals surface area contributed by atoms with E-state index in [9.17, 15) is 9.59 Å². The summed E-state index contributed by atoms with van der Waals surface area (Å²) >= 11 is 0. The number of amides is 1. The highest BCUT2D eigenvalue weighted by atomic mass is 16.5. The molecule has 130 valence electrons. The molecule has 0 bridgehead atoms. The maximum atomic E-state index is 12.8. The van der Waals surface area contributed by atoms with Gasteiger partial charge in [0.25, 0.3) is 0 Å². The van der Waals surface area contributed by atoms with Crippen molar-refractivity contribution < 1.29 is 14.1 Å². The molecule has 1 aliphatic carbocycles. The van der Waals surface area contributed by atoms with Gasteiger partial charge in [-0.25, -0.2) is 0 Å². The molecule has 3 aromatic rings.